The van der Waals surface area contributed by atoms with Gasteiger partial charge in [-0.25, -0.2) is 4.79 Å². The smallest absolute Gasteiger partial charge is 0.344 e. The summed E-state index contributed by atoms with van der Waals surface area (Å²) in [6.07, 6.45) is 7.33. The van der Waals surface area contributed by atoms with Gasteiger partial charge in [-0.15, -0.1) is 23.1 Å². The third kappa shape index (κ3) is 4.90. The van der Waals surface area contributed by atoms with Crippen LogP contribution in [0, 0.1) is 11.8 Å². The molecule has 3 aliphatic heterocycles. The number of thioether (sulfide) groups is 1. The van der Waals surface area contributed by atoms with Gasteiger partial charge in [-0.1, -0.05) is 37.1 Å². The summed E-state index contributed by atoms with van der Waals surface area (Å²) < 4.78 is 7.30. The molecule has 0 spiro atoms. The van der Waals surface area contributed by atoms with Crippen LogP contribution in [-0.2, 0) is 15.1 Å². The summed E-state index contributed by atoms with van der Waals surface area (Å²) >= 11 is 3.41. The molecule has 2 aromatic rings. The SMILES string of the molecule is O=C(O[C@H]1C[N+]2(CCCSc3ccccc3)CCC1CC2)[C@](O)(c1cccs1)C1CCCC1. The molecule has 6 heteroatoms. The second-order valence-electron chi connectivity index (χ2n) is 10.2. The Morgan fingerprint density at radius 3 is 2.55 bits per heavy atom. The monoisotopic (exact) mass is 486 g/mol. The molecule has 2 atom stereocenters. The predicted molar refractivity (Wildman–Crippen MR) is 134 cm³/mol. The highest BCUT2D eigenvalue weighted by atomic mass is 32.2. The highest BCUT2D eigenvalue weighted by molar-refractivity contribution is 7.99. The zero-order chi connectivity index (χ0) is 22.7. The molecule has 1 aliphatic carbocycles. The first-order chi connectivity index (χ1) is 16.1. The summed E-state index contributed by atoms with van der Waals surface area (Å²) in [5.74, 6) is 1.15. The highest BCUT2D eigenvalue weighted by Gasteiger charge is 2.53. The van der Waals surface area contributed by atoms with Crippen molar-refractivity contribution < 1.29 is 19.1 Å². The molecular weight excluding hydrogens is 450 g/mol. The van der Waals surface area contributed by atoms with Crippen molar-refractivity contribution in [3.63, 3.8) is 0 Å². The van der Waals surface area contributed by atoms with Crippen LogP contribution < -0.4 is 0 Å². The van der Waals surface area contributed by atoms with Gasteiger partial charge in [-0.2, -0.15) is 0 Å². The maximum Gasteiger partial charge on any atom is 0.344 e. The third-order valence-corrected chi connectivity index (χ3v) is 10.3. The third-order valence-electron chi connectivity index (χ3n) is 8.24. The minimum atomic E-state index is -1.48. The van der Waals surface area contributed by atoms with E-state index in [-0.39, 0.29) is 12.0 Å². The van der Waals surface area contributed by atoms with Crippen molar-refractivity contribution in [1.29, 1.82) is 0 Å². The quantitative estimate of drug-likeness (QED) is 0.221. The molecule has 4 aliphatic rings. The maximum atomic E-state index is 13.5. The Bertz CT molecular complexity index is 905. The topological polar surface area (TPSA) is 46.5 Å². The lowest BCUT2D eigenvalue weighted by Gasteiger charge is -2.52. The van der Waals surface area contributed by atoms with E-state index < -0.39 is 11.6 Å². The Balaban J connectivity index is 1.22. The summed E-state index contributed by atoms with van der Waals surface area (Å²) in [4.78, 5) is 15.6. The first-order valence-electron chi connectivity index (χ1n) is 12.6. The number of fused-ring (bicyclic) bond motifs is 3. The zero-order valence-corrected chi connectivity index (χ0v) is 21.0. The summed E-state index contributed by atoms with van der Waals surface area (Å²) in [5, 5.41) is 13.7. The van der Waals surface area contributed by atoms with E-state index in [4.69, 9.17) is 4.74 Å². The number of aliphatic hydroxyl groups is 1. The van der Waals surface area contributed by atoms with Crippen LogP contribution in [0.5, 0.6) is 0 Å². The molecule has 4 fully saturated rings. The number of carbonyl (C=O) groups excluding carboxylic acids is 1. The molecule has 4 nitrogen and oxygen atoms in total. The number of hydrogen-bond donors (Lipinski definition) is 1. The minimum absolute atomic E-state index is 0.0251. The summed E-state index contributed by atoms with van der Waals surface area (Å²) in [6, 6.07) is 14.4. The van der Waals surface area contributed by atoms with Gasteiger partial charge in [0.2, 0.25) is 0 Å². The van der Waals surface area contributed by atoms with E-state index in [1.807, 2.05) is 29.3 Å². The standard InChI is InChI=1S/C27H36NO3S2/c29-26(27(30,22-8-4-5-9-22)25-12-6-18-33-25)31-24-20-28(16-13-21(24)14-17-28)15-7-19-32-23-10-2-1-3-11-23/h1-3,6,10-12,18,21-22,24,30H,4-5,7-9,13-17,19-20H2/q+1/t21?,24-,27+,28?/m0/s1. The Labute approximate surface area is 205 Å². The first-order valence-corrected chi connectivity index (χ1v) is 14.5. The van der Waals surface area contributed by atoms with Gasteiger partial charge in [0, 0.05) is 46.6 Å². The van der Waals surface area contributed by atoms with E-state index in [0.29, 0.717) is 5.92 Å². The Morgan fingerprint density at radius 1 is 1.09 bits per heavy atom. The summed E-state index contributed by atoms with van der Waals surface area (Å²) in [7, 11) is 0. The van der Waals surface area contributed by atoms with Crippen LogP contribution in [0.4, 0.5) is 0 Å². The van der Waals surface area contributed by atoms with Gasteiger partial charge in [0.25, 0.3) is 0 Å². The lowest BCUT2D eigenvalue weighted by molar-refractivity contribution is -0.946. The number of benzene rings is 1. The molecule has 1 saturated carbocycles. The van der Waals surface area contributed by atoms with E-state index in [1.165, 1.54) is 35.7 Å². The van der Waals surface area contributed by atoms with Gasteiger partial charge >= 0.3 is 5.97 Å². The van der Waals surface area contributed by atoms with Crippen molar-refractivity contribution in [1.82, 2.24) is 0 Å². The Hall–Kier alpha value is -1.34. The molecule has 178 valence electrons. The van der Waals surface area contributed by atoms with Crippen LogP contribution in [0.25, 0.3) is 0 Å². The number of rotatable bonds is 9. The zero-order valence-electron chi connectivity index (χ0n) is 19.4. The van der Waals surface area contributed by atoms with Gasteiger partial charge in [0.1, 0.15) is 6.54 Å². The van der Waals surface area contributed by atoms with Gasteiger partial charge < -0.3 is 14.3 Å². The maximum absolute atomic E-state index is 13.5. The molecule has 2 bridgehead atoms. The molecule has 1 N–H and O–H groups in total. The average molecular weight is 487 g/mol. The van der Waals surface area contributed by atoms with Crippen LogP contribution in [-0.4, -0.2) is 53.6 Å². The molecule has 33 heavy (non-hydrogen) atoms. The second-order valence-corrected chi connectivity index (χ2v) is 12.3. The fraction of sp³-hybridized carbons (Fsp3) is 0.593. The van der Waals surface area contributed by atoms with Crippen molar-refractivity contribution in [2.75, 3.05) is 31.9 Å². The van der Waals surface area contributed by atoms with E-state index >= 15 is 0 Å². The van der Waals surface area contributed by atoms with E-state index in [1.54, 1.807) is 0 Å². The normalized spacial score (nSPS) is 29.1. The number of quaternary nitrogens is 1. The van der Waals surface area contributed by atoms with Crippen molar-refractivity contribution >= 4 is 29.1 Å². The fourth-order valence-corrected chi connectivity index (χ4v) is 8.06. The molecule has 0 amide bonds. The molecule has 6 rings (SSSR count). The lowest BCUT2D eigenvalue weighted by Crippen LogP contribution is -2.65. The van der Waals surface area contributed by atoms with E-state index in [9.17, 15) is 9.90 Å². The highest BCUT2D eigenvalue weighted by Crippen LogP contribution is 2.44. The van der Waals surface area contributed by atoms with Crippen molar-refractivity contribution in [3.8, 4) is 0 Å². The number of esters is 1. The van der Waals surface area contributed by atoms with Crippen molar-refractivity contribution in [2.45, 2.75) is 61.5 Å². The van der Waals surface area contributed by atoms with Crippen molar-refractivity contribution in [3.05, 3.63) is 52.7 Å². The molecule has 0 unspecified atom stereocenters. The summed E-state index contributed by atoms with van der Waals surface area (Å²) in [5.41, 5.74) is -1.48. The van der Waals surface area contributed by atoms with Crippen molar-refractivity contribution in [2.24, 2.45) is 11.8 Å². The molecule has 3 saturated heterocycles. The number of hydrogen-bond acceptors (Lipinski definition) is 5. The number of thiophene rings is 1. The predicted octanol–water partition coefficient (Wildman–Crippen LogP) is 5.46. The van der Waals surface area contributed by atoms with Crippen LogP contribution in [0.1, 0.15) is 49.8 Å². The van der Waals surface area contributed by atoms with Gasteiger partial charge in [-0.3, -0.25) is 0 Å². The largest absolute Gasteiger partial charge is 0.454 e. The van der Waals surface area contributed by atoms with Gasteiger partial charge in [0.15, 0.2) is 11.7 Å². The molecule has 1 aromatic heterocycles. The number of ether oxygens (including phenoxy) is 1. The van der Waals surface area contributed by atoms with Crippen LogP contribution >= 0.6 is 23.1 Å². The van der Waals surface area contributed by atoms with Crippen LogP contribution in [0.3, 0.4) is 0 Å². The van der Waals surface area contributed by atoms with E-state index in [0.717, 1.165) is 66.7 Å². The lowest BCUT2D eigenvalue weighted by atomic mass is 9.82. The molecule has 4 heterocycles. The molecule has 1 aromatic carbocycles. The van der Waals surface area contributed by atoms with Crippen LogP contribution in [0.2, 0.25) is 0 Å². The summed E-state index contributed by atoms with van der Waals surface area (Å²) in [6.45, 7) is 4.47. The number of carbonyl (C=O) groups is 1. The van der Waals surface area contributed by atoms with Gasteiger partial charge in [-0.05, 0) is 36.4 Å². The average Bonchev–Trinajstić information content (AvgIpc) is 3.58. The first kappa shape index (κ1) is 23.4. The second kappa shape index (κ2) is 10.1. The number of nitrogens with zero attached hydrogens (tertiary/aromatic N) is 1. The Morgan fingerprint density at radius 2 is 1.85 bits per heavy atom. The van der Waals surface area contributed by atoms with E-state index in [2.05, 4.69) is 30.3 Å². The minimum Gasteiger partial charge on any atom is -0.454 e. The fourth-order valence-electron chi connectivity index (χ4n) is 6.31. The molecule has 0 radical (unpaired) electrons. The van der Waals surface area contributed by atoms with Crippen LogP contribution in [0.15, 0.2) is 52.7 Å². The number of piperidine rings is 3. The molecular formula is C27H36NO3S2+. The van der Waals surface area contributed by atoms with Gasteiger partial charge in [0.05, 0.1) is 19.6 Å². The Kier molecular flexibility index (Phi) is 7.17.